The molecule has 2 rings (SSSR count). The molecule has 0 aromatic carbocycles. The molecule has 1 aliphatic carbocycles. The third-order valence-corrected chi connectivity index (χ3v) is 11.6. The van der Waals surface area contributed by atoms with Gasteiger partial charge < -0.3 is 4.74 Å². The van der Waals surface area contributed by atoms with E-state index in [1.54, 1.807) is 0 Å². The number of fused-ring (bicyclic) bond motifs is 1. The lowest BCUT2D eigenvalue weighted by Crippen LogP contribution is -2.42. The Hall–Kier alpha value is -0.313. The summed E-state index contributed by atoms with van der Waals surface area (Å²) in [5, 5.41) is 0.0608. The predicted molar refractivity (Wildman–Crippen MR) is 59.0 cm³/mol. The Morgan fingerprint density at radius 3 is 2.21 bits per heavy atom. The summed E-state index contributed by atoms with van der Waals surface area (Å²) in [6.07, 6.45) is 1.15. The van der Waals surface area contributed by atoms with Gasteiger partial charge in [-0.1, -0.05) is 38.9 Å². The molecule has 2 unspecified atom stereocenters. The van der Waals surface area contributed by atoms with Crippen LogP contribution in [0.1, 0.15) is 27.2 Å². The molecule has 1 saturated carbocycles. The van der Waals surface area contributed by atoms with Crippen molar-refractivity contribution in [2.75, 3.05) is 6.61 Å². The lowest BCUT2D eigenvalue weighted by atomic mass is 10.4. The van der Waals surface area contributed by atoms with Crippen molar-refractivity contribution < 1.29 is 9.53 Å². The summed E-state index contributed by atoms with van der Waals surface area (Å²) in [6, 6.07) is 3.72. The minimum absolute atomic E-state index is 0.0608. The molecule has 0 spiro atoms. The van der Waals surface area contributed by atoms with Gasteiger partial charge >= 0.3 is 5.97 Å². The van der Waals surface area contributed by atoms with Crippen molar-refractivity contribution in [3.63, 3.8) is 0 Å². The molecule has 0 radical (unpaired) electrons. The molecule has 1 saturated heterocycles. The van der Waals surface area contributed by atoms with E-state index in [1.807, 2.05) is 0 Å². The fourth-order valence-electron chi connectivity index (χ4n) is 3.65. The third-order valence-electron chi connectivity index (χ3n) is 4.86. The van der Waals surface area contributed by atoms with Crippen molar-refractivity contribution in [3.05, 3.63) is 0 Å². The van der Waals surface area contributed by atoms with E-state index in [0.717, 1.165) is 6.42 Å². The van der Waals surface area contributed by atoms with E-state index in [-0.39, 0.29) is 11.0 Å². The highest BCUT2D eigenvalue weighted by Crippen LogP contribution is 2.72. The van der Waals surface area contributed by atoms with Gasteiger partial charge in [0.25, 0.3) is 0 Å². The first-order valence-corrected chi connectivity index (χ1v) is 8.46. The quantitative estimate of drug-likeness (QED) is 0.529. The maximum absolute atomic E-state index is 11.9. The Balaban J connectivity index is 2.32. The molecule has 2 atom stereocenters. The molecule has 2 nitrogen and oxygen atoms in total. The Labute approximate surface area is 87.0 Å². The zero-order chi connectivity index (χ0) is 10.4. The standard InChI is InChI=1S/C11H20O2Si/c1-4-14(5-2,6-3)11-7-9(11)8-13-10(11)12/h9H,4-8H2,1-3H3. The van der Waals surface area contributed by atoms with Gasteiger partial charge in [0.15, 0.2) is 0 Å². The number of esters is 1. The first-order chi connectivity index (χ1) is 6.66. The van der Waals surface area contributed by atoms with Crippen LogP contribution in [0.4, 0.5) is 0 Å². The van der Waals surface area contributed by atoms with E-state index in [0.29, 0.717) is 12.5 Å². The van der Waals surface area contributed by atoms with Crippen LogP contribution in [-0.4, -0.2) is 20.7 Å². The highest BCUT2D eigenvalue weighted by atomic mass is 28.3. The number of carbonyl (C=O) groups is 1. The third kappa shape index (κ3) is 0.940. The van der Waals surface area contributed by atoms with Crippen molar-refractivity contribution in [2.45, 2.75) is 50.4 Å². The second-order valence-electron chi connectivity index (χ2n) is 4.81. The molecular weight excluding hydrogens is 192 g/mol. The van der Waals surface area contributed by atoms with E-state index in [2.05, 4.69) is 20.8 Å². The molecule has 0 bridgehead atoms. The molecule has 0 aromatic heterocycles. The van der Waals surface area contributed by atoms with Crippen molar-refractivity contribution >= 4 is 14.0 Å². The van der Waals surface area contributed by atoms with Crippen LogP contribution in [0, 0.1) is 5.92 Å². The Morgan fingerprint density at radius 2 is 1.93 bits per heavy atom. The molecule has 2 aliphatic rings. The summed E-state index contributed by atoms with van der Waals surface area (Å²) < 4.78 is 5.23. The largest absolute Gasteiger partial charge is 0.465 e. The fraction of sp³-hybridized carbons (Fsp3) is 0.909. The van der Waals surface area contributed by atoms with Crippen LogP contribution in [-0.2, 0) is 9.53 Å². The highest BCUT2D eigenvalue weighted by Gasteiger charge is 2.74. The first-order valence-electron chi connectivity index (χ1n) is 5.84. The molecule has 0 amide bonds. The number of hydrogen-bond acceptors (Lipinski definition) is 2. The number of ether oxygens (including phenoxy) is 1. The molecule has 1 aliphatic heterocycles. The van der Waals surface area contributed by atoms with Gasteiger partial charge in [-0.05, 0) is 6.42 Å². The lowest BCUT2D eigenvalue weighted by molar-refractivity contribution is -0.140. The van der Waals surface area contributed by atoms with Crippen LogP contribution >= 0.6 is 0 Å². The normalized spacial score (nSPS) is 35.4. The summed E-state index contributed by atoms with van der Waals surface area (Å²) in [4.78, 5) is 11.9. The summed E-state index contributed by atoms with van der Waals surface area (Å²) in [5.41, 5.74) is 0. The molecule has 1 heterocycles. The van der Waals surface area contributed by atoms with E-state index in [4.69, 9.17) is 4.74 Å². The molecule has 0 aromatic rings. The molecule has 3 heteroatoms. The zero-order valence-electron chi connectivity index (χ0n) is 9.43. The minimum atomic E-state index is -1.37. The highest BCUT2D eigenvalue weighted by molar-refractivity contribution is 6.86. The number of hydrogen-bond donors (Lipinski definition) is 0. The number of cyclic esters (lactones) is 1. The van der Waals surface area contributed by atoms with Gasteiger partial charge in [-0.25, -0.2) is 0 Å². The number of carbonyl (C=O) groups excluding carboxylic acids is 1. The Kier molecular flexibility index (Phi) is 2.25. The van der Waals surface area contributed by atoms with Crippen LogP contribution in [0.25, 0.3) is 0 Å². The van der Waals surface area contributed by atoms with Crippen molar-refractivity contribution in [3.8, 4) is 0 Å². The topological polar surface area (TPSA) is 26.3 Å². The summed E-state index contributed by atoms with van der Waals surface area (Å²) in [7, 11) is -1.37. The monoisotopic (exact) mass is 212 g/mol. The van der Waals surface area contributed by atoms with Crippen LogP contribution in [0.3, 0.4) is 0 Å². The van der Waals surface area contributed by atoms with Crippen LogP contribution in [0.15, 0.2) is 0 Å². The predicted octanol–water partition coefficient (Wildman–Crippen LogP) is 2.81. The molecule has 80 valence electrons. The molecule has 2 fully saturated rings. The molecule has 14 heavy (non-hydrogen) atoms. The SMILES string of the molecule is CC[Si](CC)(CC)C12CC1COC2=O. The van der Waals surface area contributed by atoms with E-state index < -0.39 is 8.07 Å². The second kappa shape index (κ2) is 3.09. The van der Waals surface area contributed by atoms with E-state index in [9.17, 15) is 4.79 Å². The van der Waals surface area contributed by atoms with Gasteiger partial charge in [0, 0.05) is 5.92 Å². The fourth-order valence-corrected chi connectivity index (χ4v) is 9.18. The summed E-state index contributed by atoms with van der Waals surface area (Å²) >= 11 is 0. The average Bonchev–Trinajstić information content (AvgIpc) is 2.87. The maximum atomic E-state index is 11.9. The molecule has 0 N–H and O–H groups in total. The number of rotatable bonds is 4. The minimum Gasteiger partial charge on any atom is -0.465 e. The summed E-state index contributed by atoms with van der Waals surface area (Å²) in [6.45, 7) is 7.53. The van der Waals surface area contributed by atoms with Gasteiger partial charge in [-0.15, -0.1) is 0 Å². The Morgan fingerprint density at radius 1 is 1.36 bits per heavy atom. The van der Waals surface area contributed by atoms with Gasteiger partial charge in [0.05, 0.1) is 19.7 Å². The van der Waals surface area contributed by atoms with Gasteiger partial charge in [0.1, 0.15) is 0 Å². The second-order valence-corrected chi connectivity index (χ2v) is 10.4. The first kappa shape index (κ1) is 10.2. The van der Waals surface area contributed by atoms with Gasteiger partial charge in [0.2, 0.25) is 0 Å². The van der Waals surface area contributed by atoms with Crippen LogP contribution in [0.2, 0.25) is 23.2 Å². The van der Waals surface area contributed by atoms with Crippen molar-refractivity contribution in [1.82, 2.24) is 0 Å². The van der Waals surface area contributed by atoms with Crippen LogP contribution < -0.4 is 0 Å². The van der Waals surface area contributed by atoms with Crippen molar-refractivity contribution in [2.24, 2.45) is 5.92 Å². The smallest absolute Gasteiger partial charge is 0.309 e. The van der Waals surface area contributed by atoms with E-state index >= 15 is 0 Å². The van der Waals surface area contributed by atoms with Gasteiger partial charge in [-0.3, -0.25) is 4.79 Å². The van der Waals surface area contributed by atoms with Crippen molar-refractivity contribution in [1.29, 1.82) is 0 Å². The molecular formula is C11H20O2Si. The van der Waals surface area contributed by atoms with Gasteiger partial charge in [-0.2, -0.15) is 0 Å². The van der Waals surface area contributed by atoms with Crippen LogP contribution in [0.5, 0.6) is 0 Å². The Bertz CT molecular complexity index is 252. The van der Waals surface area contributed by atoms with E-state index in [1.165, 1.54) is 18.1 Å². The maximum Gasteiger partial charge on any atom is 0.309 e. The lowest BCUT2D eigenvalue weighted by Gasteiger charge is -2.34. The zero-order valence-corrected chi connectivity index (χ0v) is 10.4. The average molecular weight is 212 g/mol. The summed E-state index contributed by atoms with van der Waals surface area (Å²) in [5.74, 6) is 0.751.